The Bertz CT molecular complexity index is 666. The molecule has 1 aromatic carbocycles. The Labute approximate surface area is 150 Å². The normalized spacial score (nSPS) is 18.1. The molecule has 23 heavy (non-hydrogen) atoms. The van der Waals surface area contributed by atoms with E-state index >= 15 is 0 Å². The van der Waals surface area contributed by atoms with E-state index in [1.165, 1.54) is 7.11 Å². The number of esters is 1. The third kappa shape index (κ3) is 4.42. The zero-order valence-electron chi connectivity index (χ0n) is 13.2. The van der Waals surface area contributed by atoms with Crippen molar-refractivity contribution in [2.75, 3.05) is 7.11 Å². The van der Waals surface area contributed by atoms with Crippen LogP contribution in [0.1, 0.15) is 19.4 Å². The predicted molar refractivity (Wildman–Crippen MR) is 99.7 cm³/mol. The fourth-order valence-electron chi connectivity index (χ4n) is 2.33. The Balaban J connectivity index is 2.36. The molecule has 1 atom stereocenters. The zero-order valence-corrected chi connectivity index (χ0v) is 15.6. The van der Waals surface area contributed by atoms with Crippen LogP contribution in [0.5, 0.6) is 0 Å². The molecule has 0 amide bonds. The van der Waals surface area contributed by atoms with E-state index < -0.39 is 0 Å². The maximum absolute atomic E-state index is 12.2. The van der Waals surface area contributed by atoms with Gasteiger partial charge < -0.3 is 15.4 Å². The van der Waals surface area contributed by atoms with Gasteiger partial charge in [0.15, 0.2) is 5.11 Å². The van der Waals surface area contributed by atoms with E-state index in [2.05, 4.69) is 26.6 Å². The van der Waals surface area contributed by atoms with Crippen LogP contribution in [0.15, 0.2) is 46.1 Å². The van der Waals surface area contributed by atoms with Gasteiger partial charge in [0.1, 0.15) is 0 Å². The van der Waals surface area contributed by atoms with Gasteiger partial charge in [0.05, 0.1) is 18.7 Å². The summed E-state index contributed by atoms with van der Waals surface area (Å²) in [4.78, 5) is 12.2. The van der Waals surface area contributed by atoms with Crippen LogP contribution in [0, 0.1) is 5.92 Å². The molecule has 1 aliphatic heterocycles. The van der Waals surface area contributed by atoms with Crippen molar-refractivity contribution in [1.29, 1.82) is 0 Å². The highest BCUT2D eigenvalue weighted by molar-refractivity contribution is 9.10. The molecule has 2 N–H and O–H groups in total. The van der Waals surface area contributed by atoms with E-state index in [0.29, 0.717) is 10.7 Å². The first-order valence-corrected chi connectivity index (χ1v) is 8.46. The van der Waals surface area contributed by atoms with Gasteiger partial charge in [-0.25, -0.2) is 4.79 Å². The Morgan fingerprint density at radius 2 is 2.00 bits per heavy atom. The van der Waals surface area contributed by atoms with Gasteiger partial charge in [-0.05, 0) is 35.8 Å². The van der Waals surface area contributed by atoms with Crippen LogP contribution in [0.2, 0.25) is 0 Å². The highest BCUT2D eigenvalue weighted by atomic mass is 79.9. The number of halogens is 1. The van der Waals surface area contributed by atoms with Gasteiger partial charge in [-0.2, -0.15) is 0 Å². The van der Waals surface area contributed by atoms with Crippen molar-refractivity contribution < 1.29 is 9.53 Å². The van der Waals surface area contributed by atoms with Crippen molar-refractivity contribution in [3.63, 3.8) is 0 Å². The SMILES string of the molecule is COC(=O)C1=C(C(C)C)NC(=S)N[C@H]1/C=C/c1ccc(Br)cc1. The number of nitrogens with one attached hydrogen (secondary N) is 2. The number of ether oxygens (including phenoxy) is 1. The molecule has 1 aromatic rings. The summed E-state index contributed by atoms with van der Waals surface area (Å²) in [5.41, 5.74) is 2.39. The third-order valence-electron chi connectivity index (χ3n) is 3.47. The minimum atomic E-state index is -0.360. The minimum Gasteiger partial charge on any atom is -0.466 e. The molecule has 0 fully saturated rings. The summed E-state index contributed by atoms with van der Waals surface area (Å²) < 4.78 is 5.96. The molecule has 122 valence electrons. The Kier molecular flexibility index (Phi) is 5.96. The second-order valence-corrected chi connectivity index (χ2v) is 6.78. The molecule has 2 rings (SSSR count). The first-order chi connectivity index (χ1) is 10.9. The molecule has 0 aliphatic carbocycles. The highest BCUT2D eigenvalue weighted by Gasteiger charge is 2.30. The molecule has 6 heteroatoms. The van der Waals surface area contributed by atoms with Gasteiger partial charge in [-0.3, -0.25) is 0 Å². The lowest BCUT2D eigenvalue weighted by Gasteiger charge is -2.30. The summed E-state index contributed by atoms with van der Waals surface area (Å²) in [6.07, 6.45) is 3.88. The summed E-state index contributed by atoms with van der Waals surface area (Å²) in [6.45, 7) is 4.02. The van der Waals surface area contributed by atoms with Crippen molar-refractivity contribution in [2.45, 2.75) is 19.9 Å². The third-order valence-corrected chi connectivity index (χ3v) is 4.22. The van der Waals surface area contributed by atoms with Crippen LogP contribution in [-0.4, -0.2) is 24.2 Å². The molecule has 0 bridgehead atoms. The van der Waals surface area contributed by atoms with E-state index in [4.69, 9.17) is 17.0 Å². The Hall–Kier alpha value is -1.66. The number of benzene rings is 1. The van der Waals surface area contributed by atoms with Crippen molar-refractivity contribution in [1.82, 2.24) is 10.6 Å². The number of rotatable bonds is 4. The van der Waals surface area contributed by atoms with Crippen molar-refractivity contribution in [3.8, 4) is 0 Å². The first kappa shape index (κ1) is 17.7. The van der Waals surface area contributed by atoms with Gasteiger partial charge in [0.25, 0.3) is 0 Å². The van der Waals surface area contributed by atoms with Crippen LogP contribution in [0.4, 0.5) is 0 Å². The molecular weight excluding hydrogens is 376 g/mol. The average Bonchev–Trinajstić information content (AvgIpc) is 2.53. The fourth-order valence-corrected chi connectivity index (χ4v) is 2.84. The number of carbonyl (C=O) groups is 1. The molecule has 0 spiro atoms. The summed E-state index contributed by atoms with van der Waals surface area (Å²) in [7, 11) is 1.38. The van der Waals surface area contributed by atoms with Crippen LogP contribution in [0.3, 0.4) is 0 Å². The van der Waals surface area contributed by atoms with E-state index in [-0.39, 0.29) is 17.9 Å². The number of hydrogen-bond donors (Lipinski definition) is 2. The minimum absolute atomic E-state index is 0.132. The first-order valence-electron chi connectivity index (χ1n) is 7.26. The molecule has 1 aliphatic rings. The number of allylic oxidation sites excluding steroid dienone is 1. The largest absolute Gasteiger partial charge is 0.466 e. The molecular formula is C17H19BrN2O2S. The quantitative estimate of drug-likeness (QED) is 0.605. The highest BCUT2D eigenvalue weighted by Crippen LogP contribution is 2.22. The van der Waals surface area contributed by atoms with Gasteiger partial charge in [-0.15, -0.1) is 0 Å². The van der Waals surface area contributed by atoms with Crippen LogP contribution < -0.4 is 10.6 Å². The van der Waals surface area contributed by atoms with E-state index in [0.717, 1.165) is 15.7 Å². The summed E-state index contributed by atoms with van der Waals surface area (Å²) in [5.74, 6) is -0.227. The van der Waals surface area contributed by atoms with Crippen LogP contribution in [-0.2, 0) is 9.53 Å². The van der Waals surface area contributed by atoms with Crippen molar-refractivity contribution >= 4 is 45.3 Å². The second-order valence-electron chi connectivity index (χ2n) is 5.46. The molecule has 1 heterocycles. The number of hydrogen-bond acceptors (Lipinski definition) is 3. The number of methoxy groups -OCH3 is 1. The van der Waals surface area contributed by atoms with Gasteiger partial charge >= 0.3 is 5.97 Å². The average molecular weight is 395 g/mol. The topological polar surface area (TPSA) is 50.4 Å². The molecule has 0 saturated heterocycles. The van der Waals surface area contributed by atoms with Crippen molar-refractivity contribution in [2.24, 2.45) is 5.92 Å². The molecule has 0 aromatic heterocycles. The van der Waals surface area contributed by atoms with E-state index in [9.17, 15) is 4.79 Å². The lowest BCUT2D eigenvalue weighted by molar-refractivity contribution is -0.136. The van der Waals surface area contributed by atoms with Gasteiger partial charge in [0, 0.05) is 10.2 Å². The van der Waals surface area contributed by atoms with Crippen LogP contribution >= 0.6 is 28.1 Å². The zero-order chi connectivity index (χ0) is 17.0. The number of carbonyl (C=O) groups excluding carboxylic acids is 1. The predicted octanol–water partition coefficient (Wildman–Crippen LogP) is 3.39. The lowest BCUT2D eigenvalue weighted by atomic mass is 9.95. The Morgan fingerprint density at radius 3 is 2.57 bits per heavy atom. The van der Waals surface area contributed by atoms with E-state index in [1.807, 2.05) is 50.3 Å². The standard InChI is InChI=1S/C17H19BrN2O2S/c1-10(2)15-14(16(21)22-3)13(19-17(23)20-15)9-6-11-4-7-12(18)8-5-11/h4-10,13H,1-3H3,(H2,19,20,23)/b9-6+/t13-/m0/s1. The lowest BCUT2D eigenvalue weighted by Crippen LogP contribution is -2.50. The summed E-state index contributed by atoms with van der Waals surface area (Å²) >= 11 is 8.67. The van der Waals surface area contributed by atoms with E-state index in [1.54, 1.807) is 0 Å². The maximum Gasteiger partial charge on any atom is 0.337 e. The smallest absolute Gasteiger partial charge is 0.337 e. The fraction of sp³-hybridized carbons (Fsp3) is 0.294. The van der Waals surface area contributed by atoms with Crippen LogP contribution in [0.25, 0.3) is 6.08 Å². The molecule has 0 unspecified atom stereocenters. The molecule has 0 radical (unpaired) electrons. The Morgan fingerprint density at radius 1 is 1.35 bits per heavy atom. The second kappa shape index (κ2) is 7.75. The van der Waals surface area contributed by atoms with Crippen molar-refractivity contribution in [3.05, 3.63) is 51.6 Å². The maximum atomic E-state index is 12.2. The number of thiocarbonyl (C=S) groups is 1. The summed E-state index contributed by atoms with van der Waals surface area (Å²) in [6, 6.07) is 7.60. The molecule has 4 nitrogen and oxygen atoms in total. The molecule has 0 saturated carbocycles. The van der Waals surface area contributed by atoms with Gasteiger partial charge in [-0.1, -0.05) is 54.1 Å². The monoisotopic (exact) mass is 394 g/mol. The van der Waals surface area contributed by atoms with Gasteiger partial charge in [0.2, 0.25) is 0 Å². The summed E-state index contributed by atoms with van der Waals surface area (Å²) in [5, 5.41) is 6.70.